The number of likely N-dealkylation sites (N-methyl/N-ethyl adjacent to an activating group) is 1. The van der Waals surface area contributed by atoms with Crippen LogP contribution in [0.3, 0.4) is 0 Å². The number of hydrogen-bond donors (Lipinski definition) is 1. The maximum absolute atomic E-state index is 11.1. The normalized spacial score (nSPS) is 9.80. The van der Waals surface area contributed by atoms with Crippen molar-refractivity contribution in [3.8, 4) is 5.75 Å². The van der Waals surface area contributed by atoms with Crippen molar-refractivity contribution < 1.29 is 9.53 Å². The van der Waals surface area contributed by atoms with E-state index in [2.05, 4.69) is 5.32 Å². The van der Waals surface area contributed by atoms with Gasteiger partial charge < -0.3 is 10.1 Å². The molecular formula is C12H17NO2. The van der Waals surface area contributed by atoms with E-state index in [0.29, 0.717) is 6.54 Å². The van der Waals surface area contributed by atoms with Gasteiger partial charge in [-0.2, -0.15) is 0 Å². The summed E-state index contributed by atoms with van der Waals surface area (Å²) in [6, 6.07) is 5.80. The third kappa shape index (κ3) is 3.62. The van der Waals surface area contributed by atoms with Gasteiger partial charge in [0.1, 0.15) is 5.75 Å². The Labute approximate surface area is 90.4 Å². The molecule has 1 aromatic rings. The minimum Gasteiger partial charge on any atom is -0.484 e. The molecule has 15 heavy (non-hydrogen) atoms. The zero-order valence-corrected chi connectivity index (χ0v) is 9.46. The van der Waals surface area contributed by atoms with E-state index in [1.807, 2.05) is 39.0 Å². The van der Waals surface area contributed by atoms with Crippen LogP contribution < -0.4 is 10.1 Å². The van der Waals surface area contributed by atoms with Gasteiger partial charge >= 0.3 is 0 Å². The highest BCUT2D eigenvalue weighted by molar-refractivity contribution is 5.77. The molecule has 1 amide bonds. The Bertz CT molecular complexity index is 347. The van der Waals surface area contributed by atoms with Crippen LogP contribution in [0.5, 0.6) is 5.75 Å². The Morgan fingerprint density at radius 2 is 2.07 bits per heavy atom. The van der Waals surface area contributed by atoms with E-state index in [4.69, 9.17) is 4.74 Å². The predicted molar refractivity (Wildman–Crippen MR) is 60.1 cm³/mol. The lowest BCUT2D eigenvalue weighted by molar-refractivity contribution is -0.122. The summed E-state index contributed by atoms with van der Waals surface area (Å²) in [6.45, 7) is 6.66. The average molecular weight is 207 g/mol. The van der Waals surface area contributed by atoms with Crippen molar-refractivity contribution in [1.29, 1.82) is 0 Å². The standard InChI is InChI=1S/C12H17NO2/c1-4-13-12(14)8-15-11-6-5-9(2)10(3)7-11/h5-7H,4,8H2,1-3H3,(H,13,14). The van der Waals surface area contributed by atoms with Crippen LogP contribution in [-0.2, 0) is 4.79 Å². The second kappa shape index (κ2) is 5.39. The van der Waals surface area contributed by atoms with Gasteiger partial charge in [-0.3, -0.25) is 4.79 Å². The first kappa shape index (κ1) is 11.6. The molecule has 1 aromatic carbocycles. The monoisotopic (exact) mass is 207 g/mol. The molecule has 0 aliphatic rings. The maximum atomic E-state index is 11.1. The Kier molecular flexibility index (Phi) is 4.16. The molecule has 3 heteroatoms. The highest BCUT2D eigenvalue weighted by Crippen LogP contribution is 2.15. The molecule has 82 valence electrons. The van der Waals surface area contributed by atoms with Crippen molar-refractivity contribution in [1.82, 2.24) is 5.32 Å². The molecule has 0 saturated carbocycles. The lowest BCUT2D eigenvalue weighted by atomic mass is 10.1. The van der Waals surface area contributed by atoms with Crippen molar-refractivity contribution >= 4 is 5.91 Å². The van der Waals surface area contributed by atoms with Crippen LogP contribution in [0.2, 0.25) is 0 Å². The summed E-state index contributed by atoms with van der Waals surface area (Å²) in [5.74, 6) is 0.653. The van der Waals surface area contributed by atoms with Gasteiger partial charge in [0.05, 0.1) is 0 Å². The van der Waals surface area contributed by atoms with Crippen molar-refractivity contribution in [3.05, 3.63) is 29.3 Å². The summed E-state index contributed by atoms with van der Waals surface area (Å²) in [6.07, 6.45) is 0. The second-order valence-corrected chi connectivity index (χ2v) is 3.49. The first-order valence-electron chi connectivity index (χ1n) is 5.10. The molecule has 0 unspecified atom stereocenters. The molecule has 0 atom stereocenters. The highest BCUT2D eigenvalue weighted by Gasteiger charge is 2.01. The number of benzene rings is 1. The van der Waals surface area contributed by atoms with Crippen LogP contribution in [0, 0.1) is 13.8 Å². The summed E-state index contributed by atoms with van der Waals surface area (Å²) < 4.78 is 5.34. The van der Waals surface area contributed by atoms with Gasteiger partial charge in [-0.25, -0.2) is 0 Å². The smallest absolute Gasteiger partial charge is 0.257 e. The molecule has 0 aromatic heterocycles. The fourth-order valence-electron chi connectivity index (χ4n) is 1.20. The molecule has 0 spiro atoms. The van der Waals surface area contributed by atoms with Crippen molar-refractivity contribution in [2.24, 2.45) is 0 Å². The summed E-state index contributed by atoms with van der Waals surface area (Å²) in [7, 11) is 0. The molecule has 3 nitrogen and oxygen atoms in total. The molecule has 0 heterocycles. The molecular weight excluding hydrogens is 190 g/mol. The third-order valence-corrected chi connectivity index (χ3v) is 2.22. The second-order valence-electron chi connectivity index (χ2n) is 3.49. The topological polar surface area (TPSA) is 38.3 Å². The summed E-state index contributed by atoms with van der Waals surface area (Å²) in [4.78, 5) is 11.1. The Morgan fingerprint density at radius 1 is 1.33 bits per heavy atom. The largest absolute Gasteiger partial charge is 0.484 e. The van der Waals surface area contributed by atoms with Crippen LogP contribution in [0.25, 0.3) is 0 Å². The lowest BCUT2D eigenvalue weighted by Crippen LogP contribution is -2.28. The molecule has 0 bridgehead atoms. The molecule has 1 rings (SSSR count). The number of aryl methyl sites for hydroxylation is 2. The molecule has 1 N–H and O–H groups in total. The number of carbonyl (C=O) groups is 1. The Morgan fingerprint density at radius 3 is 2.67 bits per heavy atom. The lowest BCUT2D eigenvalue weighted by Gasteiger charge is -2.07. The minimum atomic E-state index is -0.0873. The van der Waals surface area contributed by atoms with Gasteiger partial charge in [0.2, 0.25) is 0 Å². The van der Waals surface area contributed by atoms with E-state index < -0.39 is 0 Å². The molecule has 0 radical (unpaired) electrons. The fourth-order valence-corrected chi connectivity index (χ4v) is 1.20. The first-order chi connectivity index (χ1) is 7.13. The van der Waals surface area contributed by atoms with Gasteiger partial charge in [-0.05, 0) is 44.0 Å². The van der Waals surface area contributed by atoms with Gasteiger partial charge in [-0.1, -0.05) is 6.07 Å². The number of rotatable bonds is 4. The summed E-state index contributed by atoms with van der Waals surface area (Å²) in [5, 5.41) is 2.68. The summed E-state index contributed by atoms with van der Waals surface area (Å²) in [5.41, 5.74) is 2.39. The van der Waals surface area contributed by atoms with Crippen LogP contribution in [-0.4, -0.2) is 19.1 Å². The average Bonchev–Trinajstić information content (AvgIpc) is 2.20. The maximum Gasteiger partial charge on any atom is 0.257 e. The number of hydrogen-bond acceptors (Lipinski definition) is 2. The van der Waals surface area contributed by atoms with Crippen molar-refractivity contribution in [2.45, 2.75) is 20.8 Å². The number of carbonyl (C=O) groups excluding carboxylic acids is 1. The first-order valence-corrected chi connectivity index (χ1v) is 5.10. The minimum absolute atomic E-state index is 0.0797. The van der Waals surface area contributed by atoms with Crippen LogP contribution in [0.1, 0.15) is 18.1 Å². The van der Waals surface area contributed by atoms with E-state index in [0.717, 1.165) is 5.75 Å². The molecule has 0 fully saturated rings. The highest BCUT2D eigenvalue weighted by atomic mass is 16.5. The third-order valence-electron chi connectivity index (χ3n) is 2.22. The van der Waals surface area contributed by atoms with E-state index in [-0.39, 0.29) is 12.5 Å². The SMILES string of the molecule is CCNC(=O)COc1ccc(C)c(C)c1. The fraction of sp³-hybridized carbons (Fsp3) is 0.417. The zero-order valence-electron chi connectivity index (χ0n) is 9.46. The van der Waals surface area contributed by atoms with Crippen LogP contribution >= 0.6 is 0 Å². The Hall–Kier alpha value is -1.51. The van der Waals surface area contributed by atoms with Crippen LogP contribution in [0.4, 0.5) is 0 Å². The molecule has 0 saturated heterocycles. The van der Waals surface area contributed by atoms with E-state index in [1.165, 1.54) is 11.1 Å². The van der Waals surface area contributed by atoms with Crippen molar-refractivity contribution in [2.75, 3.05) is 13.2 Å². The van der Waals surface area contributed by atoms with E-state index in [9.17, 15) is 4.79 Å². The number of amides is 1. The van der Waals surface area contributed by atoms with Crippen molar-refractivity contribution in [3.63, 3.8) is 0 Å². The van der Waals surface area contributed by atoms with E-state index in [1.54, 1.807) is 0 Å². The predicted octanol–water partition coefficient (Wildman–Crippen LogP) is 1.82. The van der Waals surface area contributed by atoms with E-state index >= 15 is 0 Å². The van der Waals surface area contributed by atoms with Crippen LogP contribution in [0.15, 0.2) is 18.2 Å². The quantitative estimate of drug-likeness (QED) is 0.817. The molecule has 0 aliphatic heterocycles. The van der Waals surface area contributed by atoms with Gasteiger partial charge in [-0.15, -0.1) is 0 Å². The summed E-state index contributed by atoms with van der Waals surface area (Å²) >= 11 is 0. The Balaban J connectivity index is 2.51. The van der Waals surface area contributed by atoms with Gasteiger partial charge in [0.15, 0.2) is 6.61 Å². The van der Waals surface area contributed by atoms with Gasteiger partial charge in [0, 0.05) is 6.54 Å². The van der Waals surface area contributed by atoms with Gasteiger partial charge in [0.25, 0.3) is 5.91 Å². The molecule has 0 aliphatic carbocycles. The number of ether oxygens (including phenoxy) is 1. The zero-order chi connectivity index (χ0) is 11.3. The number of nitrogens with one attached hydrogen (secondary N) is 1.